The lowest BCUT2D eigenvalue weighted by Crippen LogP contribution is -2.42. The quantitative estimate of drug-likeness (QED) is 0.367. The number of nitrogens with zero attached hydrogens (tertiary/aromatic N) is 2. The third-order valence-electron chi connectivity index (χ3n) is 3.53. The van der Waals surface area contributed by atoms with E-state index in [4.69, 9.17) is 0 Å². The molecule has 1 rings (SSSR count). The average molecular weight is 446 g/mol. The van der Waals surface area contributed by atoms with Crippen LogP contribution in [-0.4, -0.2) is 50.0 Å². The average Bonchev–Trinajstić information content (AvgIpc) is 2.54. The van der Waals surface area contributed by atoms with Gasteiger partial charge in [-0.05, 0) is 32.3 Å². The standard InChI is InChI=1S/C18H30N4O.HI/c1-5-19-18(20-14-13-17(23)22(3)4)21-15(2)11-12-16-9-7-6-8-10-16;/h6-10,15H,5,11-14H2,1-4H3,(H2,19,20,21);1H. The second-order valence-corrected chi connectivity index (χ2v) is 5.87. The number of amides is 1. The van der Waals surface area contributed by atoms with Crippen LogP contribution in [0.1, 0.15) is 32.3 Å². The molecule has 1 amide bonds. The van der Waals surface area contributed by atoms with E-state index in [1.807, 2.05) is 13.0 Å². The van der Waals surface area contributed by atoms with Crippen molar-refractivity contribution in [1.82, 2.24) is 15.5 Å². The van der Waals surface area contributed by atoms with E-state index in [0.29, 0.717) is 19.0 Å². The smallest absolute Gasteiger partial charge is 0.223 e. The third-order valence-corrected chi connectivity index (χ3v) is 3.53. The molecule has 1 aromatic carbocycles. The van der Waals surface area contributed by atoms with E-state index < -0.39 is 0 Å². The van der Waals surface area contributed by atoms with Crippen LogP contribution in [0.25, 0.3) is 0 Å². The first kappa shape index (κ1) is 22.7. The van der Waals surface area contributed by atoms with Gasteiger partial charge in [-0.15, -0.1) is 24.0 Å². The molecular weight excluding hydrogens is 415 g/mol. The summed E-state index contributed by atoms with van der Waals surface area (Å²) in [5.74, 6) is 0.876. The molecule has 0 aliphatic heterocycles. The fourth-order valence-corrected chi connectivity index (χ4v) is 2.14. The number of carbonyl (C=O) groups is 1. The van der Waals surface area contributed by atoms with Gasteiger partial charge >= 0.3 is 0 Å². The van der Waals surface area contributed by atoms with E-state index in [-0.39, 0.29) is 29.9 Å². The molecule has 0 aliphatic carbocycles. The van der Waals surface area contributed by atoms with Crippen LogP contribution in [-0.2, 0) is 11.2 Å². The zero-order chi connectivity index (χ0) is 17.1. The van der Waals surface area contributed by atoms with Crippen LogP contribution in [0.4, 0.5) is 0 Å². The first-order chi connectivity index (χ1) is 11.0. The second-order valence-electron chi connectivity index (χ2n) is 5.87. The van der Waals surface area contributed by atoms with Crippen molar-refractivity contribution in [1.29, 1.82) is 0 Å². The number of aliphatic imine (C=N–C) groups is 1. The first-order valence-corrected chi connectivity index (χ1v) is 8.31. The van der Waals surface area contributed by atoms with E-state index in [1.165, 1.54) is 5.56 Å². The lowest BCUT2D eigenvalue weighted by Gasteiger charge is -2.18. The molecule has 0 aliphatic rings. The maximum absolute atomic E-state index is 11.6. The molecule has 0 aromatic heterocycles. The van der Waals surface area contributed by atoms with Crippen LogP contribution >= 0.6 is 24.0 Å². The Bertz CT molecular complexity index is 491. The zero-order valence-electron chi connectivity index (χ0n) is 15.2. The van der Waals surface area contributed by atoms with Crippen molar-refractivity contribution in [2.75, 3.05) is 27.2 Å². The highest BCUT2D eigenvalue weighted by Crippen LogP contribution is 2.04. The third kappa shape index (κ3) is 9.75. The van der Waals surface area contributed by atoms with E-state index in [9.17, 15) is 4.79 Å². The van der Waals surface area contributed by atoms with Crippen molar-refractivity contribution in [2.45, 2.75) is 39.2 Å². The molecule has 6 heteroatoms. The molecule has 24 heavy (non-hydrogen) atoms. The number of hydrogen-bond acceptors (Lipinski definition) is 2. The molecule has 0 fully saturated rings. The van der Waals surface area contributed by atoms with Gasteiger partial charge in [0.1, 0.15) is 0 Å². The number of nitrogens with one attached hydrogen (secondary N) is 2. The molecule has 1 unspecified atom stereocenters. The SMILES string of the molecule is CCNC(=NCCC(=O)N(C)C)NC(C)CCc1ccccc1.I. The highest BCUT2D eigenvalue weighted by molar-refractivity contribution is 14.0. The van der Waals surface area contributed by atoms with E-state index in [2.05, 4.69) is 46.8 Å². The Morgan fingerprint density at radius 2 is 1.92 bits per heavy atom. The van der Waals surface area contributed by atoms with Crippen molar-refractivity contribution >= 4 is 35.8 Å². The number of guanidine groups is 1. The number of halogens is 1. The number of benzene rings is 1. The van der Waals surface area contributed by atoms with Crippen molar-refractivity contribution < 1.29 is 4.79 Å². The Balaban J connectivity index is 0.00000529. The molecule has 0 saturated carbocycles. The maximum atomic E-state index is 11.6. The Labute approximate surface area is 163 Å². The Kier molecular flexibility index (Phi) is 12.3. The van der Waals surface area contributed by atoms with Gasteiger partial charge in [-0.2, -0.15) is 0 Å². The van der Waals surface area contributed by atoms with E-state index in [0.717, 1.165) is 25.3 Å². The van der Waals surface area contributed by atoms with Gasteiger partial charge in [0, 0.05) is 33.1 Å². The molecule has 0 saturated heterocycles. The topological polar surface area (TPSA) is 56.7 Å². The van der Waals surface area contributed by atoms with Crippen LogP contribution in [0.5, 0.6) is 0 Å². The van der Waals surface area contributed by atoms with Crippen molar-refractivity contribution in [2.24, 2.45) is 4.99 Å². The Hall–Kier alpha value is -1.31. The van der Waals surface area contributed by atoms with Gasteiger partial charge in [-0.25, -0.2) is 0 Å². The molecule has 0 radical (unpaired) electrons. The summed E-state index contributed by atoms with van der Waals surface area (Å²) in [6.07, 6.45) is 2.50. The predicted octanol–water partition coefficient (Wildman–Crippen LogP) is 2.66. The number of carbonyl (C=O) groups excluding carboxylic acids is 1. The normalized spacial score (nSPS) is 12.1. The monoisotopic (exact) mass is 446 g/mol. The van der Waals surface area contributed by atoms with Gasteiger partial charge in [-0.1, -0.05) is 30.3 Å². The lowest BCUT2D eigenvalue weighted by molar-refractivity contribution is -0.128. The van der Waals surface area contributed by atoms with Crippen molar-refractivity contribution in [3.8, 4) is 0 Å². The Morgan fingerprint density at radius 3 is 2.50 bits per heavy atom. The maximum Gasteiger partial charge on any atom is 0.223 e. The largest absolute Gasteiger partial charge is 0.357 e. The first-order valence-electron chi connectivity index (χ1n) is 8.31. The lowest BCUT2D eigenvalue weighted by atomic mass is 10.1. The molecule has 0 heterocycles. The number of aryl methyl sites for hydroxylation is 1. The summed E-state index contributed by atoms with van der Waals surface area (Å²) in [7, 11) is 3.53. The summed E-state index contributed by atoms with van der Waals surface area (Å²) in [5, 5.41) is 6.63. The molecule has 5 nitrogen and oxygen atoms in total. The van der Waals surface area contributed by atoms with Gasteiger partial charge in [0.25, 0.3) is 0 Å². The number of hydrogen-bond donors (Lipinski definition) is 2. The van der Waals surface area contributed by atoms with Gasteiger partial charge in [0.15, 0.2) is 5.96 Å². The van der Waals surface area contributed by atoms with Gasteiger partial charge in [0.2, 0.25) is 5.91 Å². The van der Waals surface area contributed by atoms with Crippen LogP contribution in [0, 0.1) is 0 Å². The van der Waals surface area contributed by atoms with Crippen molar-refractivity contribution in [3.63, 3.8) is 0 Å². The number of rotatable bonds is 8. The molecule has 1 aromatic rings. The summed E-state index contributed by atoms with van der Waals surface area (Å²) in [5.41, 5.74) is 1.35. The van der Waals surface area contributed by atoms with E-state index in [1.54, 1.807) is 19.0 Å². The van der Waals surface area contributed by atoms with E-state index >= 15 is 0 Å². The summed E-state index contributed by atoms with van der Waals surface area (Å²) in [4.78, 5) is 17.7. The fourth-order valence-electron chi connectivity index (χ4n) is 2.14. The van der Waals surface area contributed by atoms with Gasteiger partial charge in [-0.3, -0.25) is 9.79 Å². The summed E-state index contributed by atoms with van der Waals surface area (Å²) < 4.78 is 0. The predicted molar refractivity (Wildman–Crippen MR) is 112 cm³/mol. The molecule has 2 N–H and O–H groups in total. The summed E-state index contributed by atoms with van der Waals surface area (Å²) in [6.45, 7) is 5.49. The zero-order valence-corrected chi connectivity index (χ0v) is 17.5. The highest BCUT2D eigenvalue weighted by Gasteiger charge is 2.07. The van der Waals surface area contributed by atoms with Crippen molar-refractivity contribution in [3.05, 3.63) is 35.9 Å². The summed E-state index contributed by atoms with van der Waals surface area (Å²) in [6, 6.07) is 10.8. The van der Waals surface area contributed by atoms with Gasteiger partial charge in [0.05, 0.1) is 6.54 Å². The minimum atomic E-state index is 0. The highest BCUT2D eigenvalue weighted by atomic mass is 127. The van der Waals surface area contributed by atoms with Gasteiger partial charge < -0.3 is 15.5 Å². The Morgan fingerprint density at radius 1 is 1.25 bits per heavy atom. The van der Waals surface area contributed by atoms with Crippen LogP contribution in [0.2, 0.25) is 0 Å². The second kappa shape index (κ2) is 13.0. The molecule has 0 bridgehead atoms. The molecular formula is C18H31IN4O. The van der Waals surface area contributed by atoms with Crippen LogP contribution < -0.4 is 10.6 Å². The minimum Gasteiger partial charge on any atom is -0.357 e. The fraction of sp³-hybridized carbons (Fsp3) is 0.556. The minimum absolute atomic E-state index is 0. The van der Waals surface area contributed by atoms with Crippen LogP contribution in [0.15, 0.2) is 35.3 Å². The molecule has 1 atom stereocenters. The van der Waals surface area contributed by atoms with Crippen LogP contribution in [0.3, 0.4) is 0 Å². The molecule has 136 valence electrons. The summed E-state index contributed by atoms with van der Waals surface area (Å²) >= 11 is 0. The molecule has 0 spiro atoms.